The van der Waals surface area contributed by atoms with Gasteiger partial charge in [-0.15, -0.1) is 0 Å². The molecule has 0 amide bonds. The number of nitrogens with one attached hydrogen (secondary N) is 1. The van der Waals surface area contributed by atoms with Crippen LogP contribution in [0.1, 0.15) is 5.56 Å². The second-order valence-electron chi connectivity index (χ2n) is 4.76. The first-order valence-corrected chi connectivity index (χ1v) is 7.28. The van der Waals surface area contributed by atoms with Crippen molar-refractivity contribution in [1.29, 1.82) is 0 Å². The minimum atomic E-state index is 0.731. The number of nitrogens with two attached hydrogens (primary N) is 1. The Hall–Kier alpha value is -2.00. The molecule has 3 aromatic carbocycles. The van der Waals surface area contributed by atoms with Crippen LogP contribution in [0.2, 0.25) is 0 Å². The number of nitrogen functional groups attached to an aromatic ring is 1. The third-order valence-corrected chi connectivity index (χ3v) is 3.83. The van der Waals surface area contributed by atoms with Crippen molar-refractivity contribution < 1.29 is 0 Å². The molecule has 0 fully saturated rings. The molecule has 3 rings (SSSR count). The fourth-order valence-electron chi connectivity index (χ4n) is 2.22. The Bertz CT molecular complexity index is 753. The van der Waals surface area contributed by atoms with E-state index >= 15 is 0 Å². The molecule has 3 aromatic rings. The van der Waals surface area contributed by atoms with E-state index in [1.54, 1.807) is 0 Å². The lowest BCUT2D eigenvalue weighted by atomic mass is 10.1. The average Bonchev–Trinajstić information content (AvgIpc) is 2.46. The van der Waals surface area contributed by atoms with Crippen LogP contribution in [-0.4, -0.2) is 0 Å². The molecule has 0 unspecified atom stereocenters. The van der Waals surface area contributed by atoms with Gasteiger partial charge in [-0.3, -0.25) is 0 Å². The normalized spacial score (nSPS) is 10.7. The maximum atomic E-state index is 5.95. The third kappa shape index (κ3) is 2.78. The molecule has 0 aliphatic heterocycles. The first-order valence-electron chi connectivity index (χ1n) is 6.49. The summed E-state index contributed by atoms with van der Waals surface area (Å²) in [6.07, 6.45) is 0. The molecule has 20 heavy (non-hydrogen) atoms. The number of halogens is 1. The first-order chi connectivity index (χ1) is 9.72. The fourth-order valence-corrected chi connectivity index (χ4v) is 2.60. The topological polar surface area (TPSA) is 38.0 Å². The second-order valence-corrected chi connectivity index (χ2v) is 5.67. The summed E-state index contributed by atoms with van der Waals surface area (Å²) in [5.41, 5.74) is 8.98. The van der Waals surface area contributed by atoms with Gasteiger partial charge in [0.15, 0.2) is 0 Å². The largest absolute Gasteiger partial charge is 0.398 e. The third-order valence-electron chi connectivity index (χ3n) is 3.34. The Morgan fingerprint density at radius 3 is 2.50 bits per heavy atom. The number of para-hydroxylation sites is 1. The molecule has 0 aliphatic carbocycles. The van der Waals surface area contributed by atoms with Crippen molar-refractivity contribution in [3.05, 3.63) is 70.7 Å². The van der Waals surface area contributed by atoms with Crippen molar-refractivity contribution in [2.45, 2.75) is 6.54 Å². The highest BCUT2D eigenvalue weighted by Gasteiger charge is 2.00. The quantitative estimate of drug-likeness (QED) is 0.678. The van der Waals surface area contributed by atoms with Crippen molar-refractivity contribution >= 4 is 38.1 Å². The van der Waals surface area contributed by atoms with Gasteiger partial charge in [0.05, 0.1) is 0 Å². The molecule has 0 aromatic heterocycles. The van der Waals surface area contributed by atoms with Crippen molar-refractivity contribution in [2.75, 3.05) is 11.1 Å². The van der Waals surface area contributed by atoms with Gasteiger partial charge < -0.3 is 11.1 Å². The Morgan fingerprint density at radius 2 is 1.65 bits per heavy atom. The van der Waals surface area contributed by atoms with Gasteiger partial charge in [-0.25, -0.2) is 0 Å². The van der Waals surface area contributed by atoms with Gasteiger partial charge in [0.25, 0.3) is 0 Å². The molecule has 0 aliphatic rings. The molecule has 0 atom stereocenters. The van der Waals surface area contributed by atoms with Crippen LogP contribution in [0.5, 0.6) is 0 Å². The van der Waals surface area contributed by atoms with Gasteiger partial charge >= 0.3 is 0 Å². The van der Waals surface area contributed by atoms with Crippen molar-refractivity contribution in [3.63, 3.8) is 0 Å². The average molecular weight is 327 g/mol. The maximum Gasteiger partial charge on any atom is 0.0421 e. The lowest BCUT2D eigenvalue weighted by Crippen LogP contribution is -2.02. The van der Waals surface area contributed by atoms with E-state index in [0.717, 1.165) is 28.0 Å². The highest BCUT2D eigenvalue weighted by molar-refractivity contribution is 9.10. The number of anilines is 2. The van der Waals surface area contributed by atoms with Gasteiger partial charge in [-0.2, -0.15) is 0 Å². The molecule has 2 nitrogen and oxygen atoms in total. The van der Waals surface area contributed by atoms with Gasteiger partial charge in [0, 0.05) is 22.4 Å². The van der Waals surface area contributed by atoms with Crippen LogP contribution in [0, 0.1) is 0 Å². The van der Waals surface area contributed by atoms with E-state index in [1.165, 1.54) is 10.8 Å². The predicted molar refractivity (Wildman–Crippen MR) is 89.8 cm³/mol. The summed E-state index contributed by atoms with van der Waals surface area (Å²) >= 11 is 3.49. The standard InChI is InChI=1S/C17H15BrN2/c18-15-7-5-13-10-16(8-6-12(13)9-15)20-11-14-3-1-2-4-17(14)19/h1-10,20H,11,19H2. The van der Waals surface area contributed by atoms with Crippen molar-refractivity contribution in [3.8, 4) is 0 Å². The monoisotopic (exact) mass is 326 g/mol. The van der Waals surface area contributed by atoms with E-state index < -0.39 is 0 Å². The zero-order chi connectivity index (χ0) is 13.9. The van der Waals surface area contributed by atoms with E-state index in [4.69, 9.17) is 5.73 Å². The van der Waals surface area contributed by atoms with Crippen LogP contribution in [-0.2, 0) is 6.54 Å². The van der Waals surface area contributed by atoms with E-state index in [1.807, 2.05) is 24.3 Å². The molecule has 0 heterocycles. The lowest BCUT2D eigenvalue weighted by Gasteiger charge is -2.09. The zero-order valence-electron chi connectivity index (χ0n) is 10.9. The van der Waals surface area contributed by atoms with Gasteiger partial charge in [-0.05, 0) is 46.7 Å². The van der Waals surface area contributed by atoms with Crippen molar-refractivity contribution in [2.24, 2.45) is 0 Å². The smallest absolute Gasteiger partial charge is 0.0421 e. The first kappa shape index (κ1) is 13.0. The van der Waals surface area contributed by atoms with Gasteiger partial charge in [0.1, 0.15) is 0 Å². The lowest BCUT2D eigenvalue weighted by molar-refractivity contribution is 1.16. The second kappa shape index (κ2) is 5.55. The van der Waals surface area contributed by atoms with Crippen LogP contribution in [0.3, 0.4) is 0 Å². The molecular weight excluding hydrogens is 312 g/mol. The Balaban J connectivity index is 1.81. The molecule has 0 saturated heterocycles. The summed E-state index contributed by atoms with van der Waals surface area (Å²) in [5, 5.41) is 5.86. The minimum Gasteiger partial charge on any atom is -0.398 e. The Kier molecular flexibility index (Phi) is 3.61. The summed E-state index contributed by atoms with van der Waals surface area (Å²) in [6, 6.07) is 20.6. The Morgan fingerprint density at radius 1 is 0.900 bits per heavy atom. The molecule has 3 heteroatoms. The van der Waals surface area contributed by atoms with Crippen molar-refractivity contribution in [1.82, 2.24) is 0 Å². The summed E-state index contributed by atoms with van der Waals surface area (Å²) in [5.74, 6) is 0. The van der Waals surface area contributed by atoms with Crippen LogP contribution < -0.4 is 11.1 Å². The molecule has 0 bridgehead atoms. The predicted octanol–water partition coefficient (Wildman–Crippen LogP) is 4.80. The summed E-state index contributed by atoms with van der Waals surface area (Å²) in [4.78, 5) is 0. The molecule has 0 spiro atoms. The summed E-state index contributed by atoms with van der Waals surface area (Å²) in [7, 11) is 0. The number of benzene rings is 3. The number of hydrogen-bond acceptors (Lipinski definition) is 2. The molecule has 3 N–H and O–H groups in total. The maximum absolute atomic E-state index is 5.95. The van der Waals surface area contributed by atoms with E-state index in [2.05, 4.69) is 57.6 Å². The molecular formula is C17H15BrN2. The molecule has 0 radical (unpaired) electrons. The fraction of sp³-hybridized carbons (Fsp3) is 0.0588. The van der Waals surface area contributed by atoms with Crippen LogP contribution in [0.25, 0.3) is 10.8 Å². The number of rotatable bonds is 3. The number of fused-ring (bicyclic) bond motifs is 1. The van der Waals surface area contributed by atoms with Gasteiger partial charge in [0.2, 0.25) is 0 Å². The SMILES string of the molecule is Nc1ccccc1CNc1ccc2cc(Br)ccc2c1. The van der Waals surface area contributed by atoms with E-state index in [0.29, 0.717) is 0 Å². The highest BCUT2D eigenvalue weighted by Crippen LogP contribution is 2.23. The van der Waals surface area contributed by atoms with Crippen LogP contribution in [0.4, 0.5) is 11.4 Å². The molecule has 0 saturated carbocycles. The molecule has 100 valence electrons. The van der Waals surface area contributed by atoms with Crippen LogP contribution in [0.15, 0.2) is 65.1 Å². The van der Waals surface area contributed by atoms with Gasteiger partial charge in [-0.1, -0.05) is 46.3 Å². The highest BCUT2D eigenvalue weighted by atomic mass is 79.9. The Labute approximate surface area is 126 Å². The van der Waals surface area contributed by atoms with E-state index in [9.17, 15) is 0 Å². The van der Waals surface area contributed by atoms with E-state index in [-0.39, 0.29) is 0 Å². The van der Waals surface area contributed by atoms with Crippen LogP contribution >= 0.6 is 15.9 Å². The summed E-state index contributed by atoms with van der Waals surface area (Å²) in [6.45, 7) is 0.731. The minimum absolute atomic E-state index is 0.731. The zero-order valence-corrected chi connectivity index (χ0v) is 12.5. The number of hydrogen-bond donors (Lipinski definition) is 2. The summed E-state index contributed by atoms with van der Waals surface area (Å²) < 4.78 is 1.10.